The summed E-state index contributed by atoms with van der Waals surface area (Å²) in [5, 5.41) is 2.32. The number of para-hydroxylation sites is 1. The molecule has 0 aliphatic heterocycles. The molecule has 0 saturated heterocycles. The van der Waals surface area contributed by atoms with Crippen LogP contribution < -0.4 is 5.32 Å². The van der Waals surface area contributed by atoms with E-state index in [1.54, 1.807) is 18.2 Å². The predicted octanol–water partition coefficient (Wildman–Crippen LogP) is 5.32. The molecule has 1 amide bonds. The van der Waals surface area contributed by atoms with Crippen LogP contribution in [0.4, 0.5) is 18.9 Å². The van der Waals surface area contributed by atoms with Crippen LogP contribution in [0.15, 0.2) is 46.9 Å². The zero-order chi connectivity index (χ0) is 15.6. The number of amides is 1. The standard InChI is InChI=1S/C14H8BrF3INO/c15-8-5-6-11(19)9(7-8)13(21)20-12-4-2-1-3-10(12)14(16,17)18/h1-7H,(H,20,21). The van der Waals surface area contributed by atoms with Crippen LogP contribution in [0.5, 0.6) is 0 Å². The number of alkyl halides is 3. The van der Waals surface area contributed by atoms with Gasteiger partial charge in [0.15, 0.2) is 0 Å². The Morgan fingerprint density at radius 1 is 1.14 bits per heavy atom. The maximum Gasteiger partial charge on any atom is 0.418 e. The van der Waals surface area contributed by atoms with Crippen molar-refractivity contribution in [1.29, 1.82) is 0 Å². The second kappa shape index (κ2) is 6.35. The molecule has 0 heterocycles. The summed E-state index contributed by atoms with van der Waals surface area (Å²) >= 11 is 5.19. The van der Waals surface area contributed by atoms with E-state index in [9.17, 15) is 18.0 Å². The van der Waals surface area contributed by atoms with Crippen LogP contribution in [0, 0.1) is 3.57 Å². The highest BCUT2D eigenvalue weighted by molar-refractivity contribution is 14.1. The van der Waals surface area contributed by atoms with E-state index >= 15 is 0 Å². The van der Waals surface area contributed by atoms with Crippen LogP contribution in [-0.2, 0) is 6.18 Å². The van der Waals surface area contributed by atoms with Gasteiger partial charge in [0.25, 0.3) is 5.91 Å². The lowest BCUT2D eigenvalue weighted by Crippen LogP contribution is -2.17. The van der Waals surface area contributed by atoms with Crippen molar-refractivity contribution in [2.75, 3.05) is 5.32 Å². The minimum Gasteiger partial charge on any atom is -0.321 e. The Kier molecular flexibility index (Phi) is 4.92. The van der Waals surface area contributed by atoms with Gasteiger partial charge in [0.1, 0.15) is 0 Å². The number of halogens is 5. The molecule has 0 radical (unpaired) electrons. The van der Waals surface area contributed by atoms with E-state index in [1.165, 1.54) is 18.2 Å². The molecule has 0 spiro atoms. The third-order valence-corrected chi connectivity index (χ3v) is 4.09. The number of benzene rings is 2. The highest BCUT2D eigenvalue weighted by atomic mass is 127. The second-order valence-corrected chi connectivity index (χ2v) is 6.20. The molecule has 21 heavy (non-hydrogen) atoms. The summed E-state index contributed by atoms with van der Waals surface area (Å²) in [6.07, 6.45) is -4.52. The topological polar surface area (TPSA) is 29.1 Å². The molecule has 0 bridgehead atoms. The fourth-order valence-corrected chi connectivity index (χ4v) is 2.64. The van der Waals surface area contributed by atoms with E-state index in [1.807, 2.05) is 22.6 Å². The first kappa shape index (κ1) is 16.3. The highest BCUT2D eigenvalue weighted by Gasteiger charge is 2.33. The Labute approximate surface area is 141 Å². The molecule has 2 aromatic carbocycles. The molecule has 0 aromatic heterocycles. The lowest BCUT2D eigenvalue weighted by Gasteiger charge is -2.14. The molecule has 2 rings (SSSR count). The first-order valence-electron chi connectivity index (χ1n) is 5.71. The Morgan fingerprint density at radius 3 is 2.48 bits per heavy atom. The normalized spacial score (nSPS) is 11.3. The summed E-state index contributed by atoms with van der Waals surface area (Å²) in [7, 11) is 0. The zero-order valence-electron chi connectivity index (χ0n) is 10.3. The Balaban J connectivity index is 2.35. The average molecular weight is 470 g/mol. The first-order chi connectivity index (χ1) is 9.79. The summed E-state index contributed by atoms with van der Waals surface area (Å²) in [5.41, 5.74) is -0.823. The Morgan fingerprint density at radius 2 is 1.81 bits per heavy atom. The van der Waals surface area contributed by atoms with Crippen LogP contribution >= 0.6 is 38.5 Å². The van der Waals surface area contributed by atoms with Crippen LogP contribution in [0.25, 0.3) is 0 Å². The lowest BCUT2D eigenvalue weighted by molar-refractivity contribution is -0.136. The second-order valence-electron chi connectivity index (χ2n) is 4.12. The Bertz CT molecular complexity index is 688. The molecule has 110 valence electrons. The maximum absolute atomic E-state index is 12.9. The summed E-state index contributed by atoms with van der Waals surface area (Å²) in [5.74, 6) is -0.586. The van der Waals surface area contributed by atoms with Gasteiger partial charge in [-0.2, -0.15) is 13.2 Å². The van der Waals surface area contributed by atoms with Gasteiger partial charge in [0.05, 0.1) is 16.8 Å². The number of carbonyl (C=O) groups excluding carboxylic acids is 1. The number of anilines is 1. The van der Waals surface area contributed by atoms with Crippen molar-refractivity contribution < 1.29 is 18.0 Å². The van der Waals surface area contributed by atoms with E-state index in [0.29, 0.717) is 13.6 Å². The van der Waals surface area contributed by atoms with E-state index in [2.05, 4.69) is 21.2 Å². The van der Waals surface area contributed by atoms with E-state index < -0.39 is 17.6 Å². The molecular weight excluding hydrogens is 462 g/mol. The molecule has 0 fully saturated rings. The van der Waals surface area contributed by atoms with Gasteiger partial charge in [0, 0.05) is 8.04 Å². The van der Waals surface area contributed by atoms with Gasteiger partial charge in [-0.15, -0.1) is 0 Å². The zero-order valence-corrected chi connectivity index (χ0v) is 14.1. The van der Waals surface area contributed by atoms with Crippen LogP contribution in [0.3, 0.4) is 0 Å². The fourth-order valence-electron chi connectivity index (χ4n) is 1.70. The minimum atomic E-state index is -4.52. The maximum atomic E-state index is 12.9. The van der Waals surface area contributed by atoms with Gasteiger partial charge in [-0.25, -0.2) is 0 Å². The van der Waals surface area contributed by atoms with Gasteiger partial charge in [-0.05, 0) is 52.9 Å². The Hall–Kier alpha value is -1.09. The van der Waals surface area contributed by atoms with Gasteiger partial charge in [-0.3, -0.25) is 4.79 Å². The van der Waals surface area contributed by atoms with Crippen molar-refractivity contribution >= 4 is 50.1 Å². The molecule has 2 nitrogen and oxygen atoms in total. The fraction of sp³-hybridized carbons (Fsp3) is 0.0714. The quantitative estimate of drug-likeness (QED) is 0.592. The molecule has 1 N–H and O–H groups in total. The molecule has 0 atom stereocenters. The van der Waals surface area contributed by atoms with Crippen LogP contribution in [-0.4, -0.2) is 5.91 Å². The van der Waals surface area contributed by atoms with Gasteiger partial charge in [0.2, 0.25) is 0 Å². The smallest absolute Gasteiger partial charge is 0.321 e. The number of rotatable bonds is 2. The minimum absolute atomic E-state index is 0.259. The average Bonchev–Trinajstić information content (AvgIpc) is 2.41. The van der Waals surface area contributed by atoms with Gasteiger partial charge >= 0.3 is 6.18 Å². The first-order valence-corrected chi connectivity index (χ1v) is 7.59. The van der Waals surface area contributed by atoms with Crippen molar-refractivity contribution in [3.05, 3.63) is 61.6 Å². The number of hydrogen-bond acceptors (Lipinski definition) is 1. The van der Waals surface area contributed by atoms with Gasteiger partial charge < -0.3 is 5.32 Å². The predicted molar refractivity (Wildman–Crippen MR) is 86.3 cm³/mol. The third kappa shape index (κ3) is 3.97. The third-order valence-electron chi connectivity index (χ3n) is 2.65. The molecule has 0 unspecified atom stereocenters. The van der Waals surface area contributed by atoms with E-state index in [0.717, 1.165) is 6.07 Å². The SMILES string of the molecule is O=C(Nc1ccccc1C(F)(F)F)c1cc(Br)ccc1I. The van der Waals surface area contributed by atoms with Crippen molar-refractivity contribution in [3.8, 4) is 0 Å². The molecule has 2 aromatic rings. The lowest BCUT2D eigenvalue weighted by atomic mass is 10.1. The summed E-state index contributed by atoms with van der Waals surface area (Å²) < 4.78 is 40.0. The van der Waals surface area contributed by atoms with Gasteiger partial charge in [-0.1, -0.05) is 28.1 Å². The number of hydrogen-bond donors (Lipinski definition) is 1. The molecule has 7 heteroatoms. The van der Waals surface area contributed by atoms with Crippen molar-refractivity contribution in [2.45, 2.75) is 6.18 Å². The molecular formula is C14H8BrF3INO. The monoisotopic (exact) mass is 469 g/mol. The largest absolute Gasteiger partial charge is 0.418 e. The van der Waals surface area contributed by atoms with Crippen LogP contribution in [0.2, 0.25) is 0 Å². The van der Waals surface area contributed by atoms with Crippen molar-refractivity contribution in [3.63, 3.8) is 0 Å². The van der Waals surface area contributed by atoms with E-state index in [-0.39, 0.29) is 5.69 Å². The summed E-state index contributed by atoms with van der Waals surface area (Å²) in [6, 6.07) is 9.90. The number of nitrogens with one attached hydrogen (secondary N) is 1. The molecule has 0 aliphatic carbocycles. The van der Waals surface area contributed by atoms with Crippen LogP contribution in [0.1, 0.15) is 15.9 Å². The highest BCUT2D eigenvalue weighted by Crippen LogP contribution is 2.34. The summed E-state index contributed by atoms with van der Waals surface area (Å²) in [4.78, 5) is 12.2. The molecule has 0 aliphatic rings. The van der Waals surface area contributed by atoms with Crippen molar-refractivity contribution in [1.82, 2.24) is 0 Å². The van der Waals surface area contributed by atoms with Crippen molar-refractivity contribution in [2.24, 2.45) is 0 Å². The summed E-state index contributed by atoms with van der Waals surface area (Å²) in [6.45, 7) is 0. The molecule has 0 saturated carbocycles. The number of carbonyl (C=O) groups is 1. The van der Waals surface area contributed by atoms with E-state index in [4.69, 9.17) is 0 Å².